The van der Waals surface area contributed by atoms with Gasteiger partial charge < -0.3 is 9.63 Å². The lowest BCUT2D eigenvalue weighted by atomic mass is 9.71. The van der Waals surface area contributed by atoms with Crippen LogP contribution in [0, 0.1) is 17.8 Å². The molecule has 1 saturated heterocycles. The zero-order valence-electron chi connectivity index (χ0n) is 19.9. The predicted molar refractivity (Wildman–Crippen MR) is 127 cm³/mol. The van der Waals surface area contributed by atoms with Crippen LogP contribution < -0.4 is 0 Å². The van der Waals surface area contributed by atoms with Gasteiger partial charge in [-0.1, -0.05) is 62.9 Å². The van der Waals surface area contributed by atoms with E-state index in [1.807, 2.05) is 25.1 Å². The Bertz CT molecular complexity index is 776. The van der Waals surface area contributed by atoms with Crippen molar-refractivity contribution in [2.45, 2.75) is 109 Å². The van der Waals surface area contributed by atoms with Crippen LogP contribution in [0.4, 0.5) is 0 Å². The summed E-state index contributed by atoms with van der Waals surface area (Å²) in [5.74, 6) is 1.21. The molecule has 5 heteroatoms. The summed E-state index contributed by atoms with van der Waals surface area (Å²) in [6.45, 7) is 9.40. The summed E-state index contributed by atoms with van der Waals surface area (Å²) < 4.78 is 23.7. The summed E-state index contributed by atoms with van der Waals surface area (Å²) in [6.07, 6.45) is 8.41. The molecule has 1 aromatic carbocycles. The van der Waals surface area contributed by atoms with E-state index in [0.717, 1.165) is 31.2 Å². The van der Waals surface area contributed by atoms with Crippen LogP contribution in [-0.2, 0) is 15.6 Å². The third-order valence-electron chi connectivity index (χ3n) is 8.57. The number of hydrogen-bond acceptors (Lipinski definition) is 3. The van der Waals surface area contributed by atoms with E-state index in [4.69, 9.17) is 4.52 Å². The van der Waals surface area contributed by atoms with E-state index in [9.17, 15) is 9.67 Å². The minimum absolute atomic E-state index is 0.0256. The second kappa shape index (κ2) is 9.29. The molecule has 6 atom stereocenters. The molecule has 174 valence electrons. The summed E-state index contributed by atoms with van der Waals surface area (Å²) in [5, 5.41) is 11.4. The molecule has 1 aromatic rings. The first kappa shape index (κ1) is 23.5. The largest absolute Gasteiger partial charge is 0.392 e. The number of fused-ring (bicyclic) bond motifs is 1. The summed E-state index contributed by atoms with van der Waals surface area (Å²) in [5.41, 5.74) is 0.535. The lowest BCUT2D eigenvalue weighted by Gasteiger charge is -2.58. The van der Waals surface area contributed by atoms with Crippen molar-refractivity contribution in [1.82, 2.24) is 4.67 Å². The zero-order chi connectivity index (χ0) is 22.2. The first-order chi connectivity index (χ1) is 14.7. The highest BCUT2D eigenvalue weighted by molar-refractivity contribution is 7.57. The molecule has 2 saturated carbocycles. The van der Waals surface area contributed by atoms with Gasteiger partial charge in [-0.2, -0.15) is 0 Å². The van der Waals surface area contributed by atoms with Crippen LogP contribution in [-0.4, -0.2) is 33.2 Å². The third-order valence-corrected chi connectivity index (χ3v) is 11.8. The molecular weight excluding hydrogens is 405 g/mol. The van der Waals surface area contributed by atoms with E-state index in [1.165, 1.54) is 25.7 Å². The van der Waals surface area contributed by atoms with Gasteiger partial charge in [0.2, 0.25) is 0 Å². The number of benzene rings is 1. The molecule has 3 fully saturated rings. The highest BCUT2D eigenvalue weighted by atomic mass is 31.2. The molecule has 0 spiro atoms. The van der Waals surface area contributed by atoms with E-state index in [-0.39, 0.29) is 23.2 Å². The molecule has 0 aromatic heterocycles. The Morgan fingerprint density at radius 2 is 1.81 bits per heavy atom. The highest BCUT2D eigenvalue weighted by Crippen LogP contribution is 2.67. The molecule has 31 heavy (non-hydrogen) atoms. The van der Waals surface area contributed by atoms with Gasteiger partial charge in [0.15, 0.2) is 0 Å². The molecule has 4 rings (SSSR count). The van der Waals surface area contributed by atoms with Gasteiger partial charge in [0.1, 0.15) is 0 Å². The number of nitrogens with zero attached hydrogens (tertiary/aromatic N) is 1. The van der Waals surface area contributed by atoms with Crippen LogP contribution in [0.15, 0.2) is 30.3 Å². The van der Waals surface area contributed by atoms with Crippen molar-refractivity contribution in [3.05, 3.63) is 35.9 Å². The smallest absolute Gasteiger partial charge is 0.278 e. The Balaban J connectivity index is 1.69. The van der Waals surface area contributed by atoms with Crippen LogP contribution >= 0.6 is 7.52 Å². The first-order valence-electron chi connectivity index (χ1n) is 12.5. The predicted octanol–water partition coefficient (Wildman–Crippen LogP) is 6.63. The Labute approximate surface area is 189 Å². The standard InChI is InChI=1S/C26H42NO3P/c1-19-15-16-23-24(17-19)30-31(29,20(2)25(28)22-13-9-6-10-14-22)27(26(23,3)4)18-21-11-7-5-8-12-21/h5,7-8,11-12,19-20,22-25,28H,6,9-10,13-18H2,1-4H3/t19-,20+,23-,24-,25-,31+/m1/s1. The maximum atomic E-state index is 14.9. The number of aliphatic hydroxyl groups excluding tert-OH is 1. The van der Waals surface area contributed by atoms with Crippen molar-refractivity contribution < 1.29 is 14.2 Å². The molecule has 0 unspecified atom stereocenters. The number of hydrogen-bond donors (Lipinski definition) is 1. The number of aliphatic hydroxyl groups is 1. The fourth-order valence-electron chi connectivity index (χ4n) is 6.49. The maximum absolute atomic E-state index is 14.9. The summed E-state index contributed by atoms with van der Waals surface area (Å²) in [4.78, 5) is 0. The molecule has 3 aliphatic rings. The van der Waals surface area contributed by atoms with Gasteiger partial charge in [-0.25, -0.2) is 4.67 Å². The van der Waals surface area contributed by atoms with Crippen molar-refractivity contribution in [3.63, 3.8) is 0 Å². The van der Waals surface area contributed by atoms with E-state index in [1.54, 1.807) is 0 Å². The van der Waals surface area contributed by atoms with E-state index < -0.39 is 13.6 Å². The average molecular weight is 448 g/mol. The van der Waals surface area contributed by atoms with Crippen molar-refractivity contribution in [1.29, 1.82) is 0 Å². The van der Waals surface area contributed by atoms with Crippen LogP contribution in [0.2, 0.25) is 0 Å². The monoisotopic (exact) mass is 447 g/mol. The summed E-state index contributed by atoms with van der Waals surface area (Å²) >= 11 is 0. The average Bonchev–Trinajstić information content (AvgIpc) is 2.76. The Morgan fingerprint density at radius 3 is 2.48 bits per heavy atom. The van der Waals surface area contributed by atoms with Gasteiger partial charge in [-0.15, -0.1) is 0 Å². The topological polar surface area (TPSA) is 49.8 Å². The molecule has 4 nitrogen and oxygen atoms in total. The van der Waals surface area contributed by atoms with Gasteiger partial charge in [-0.05, 0) is 63.9 Å². The molecular formula is C26H42NO3P. The van der Waals surface area contributed by atoms with Crippen LogP contribution in [0.3, 0.4) is 0 Å². The fraction of sp³-hybridized carbons (Fsp3) is 0.769. The van der Waals surface area contributed by atoms with Gasteiger partial charge >= 0.3 is 0 Å². The van der Waals surface area contributed by atoms with Gasteiger partial charge in [-0.3, -0.25) is 4.57 Å². The highest BCUT2D eigenvalue weighted by Gasteiger charge is 2.58. The van der Waals surface area contributed by atoms with E-state index >= 15 is 0 Å². The Kier molecular flexibility index (Phi) is 7.04. The number of rotatable bonds is 5. The minimum atomic E-state index is -3.26. The SMILES string of the molecule is C[C@@H]1CC[C@@H]2[C@@H](C1)O[P@@](=O)([C@@H](C)[C@@H](O)C1CCCCC1)N(Cc1ccccc1)C2(C)C. The van der Waals surface area contributed by atoms with E-state index in [2.05, 4.69) is 37.6 Å². The van der Waals surface area contributed by atoms with Crippen LogP contribution in [0.25, 0.3) is 0 Å². The van der Waals surface area contributed by atoms with Crippen molar-refractivity contribution in [2.75, 3.05) is 0 Å². The van der Waals surface area contributed by atoms with Gasteiger partial charge in [0.25, 0.3) is 7.52 Å². The Morgan fingerprint density at radius 1 is 1.13 bits per heavy atom. The second-order valence-corrected chi connectivity index (χ2v) is 13.7. The molecule has 1 heterocycles. The minimum Gasteiger partial charge on any atom is -0.392 e. The van der Waals surface area contributed by atoms with E-state index in [0.29, 0.717) is 18.4 Å². The maximum Gasteiger partial charge on any atom is 0.278 e. The summed E-state index contributed by atoms with van der Waals surface area (Å²) in [6, 6.07) is 10.3. The third kappa shape index (κ3) is 4.56. The second-order valence-electron chi connectivity index (χ2n) is 11.1. The van der Waals surface area contributed by atoms with Crippen LogP contribution in [0.5, 0.6) is 0 Å². The molecule has 1 N–H and O–H groups in total. The van der Waals surface area contributed by atoms with Crippen molar-refractivity contribution in [2.24, 2.45) is 17.8 Å². The Hall–Kier alpha value is -0.670. The van der Waals surface area contributed by atoms with Crippen molar-refractivity contribution in [3.8, 4) is 0 Å². The first-order valence-corrected chi connectivity index (χ1v) is 14.2. The quantitative estimate of drug-likeness (QED) is 0.515. The zero-order valence-corrected chi connectivity index (χ0v) is 20.8. The lowest BCUT2D eigenvalue weighted by Crippen LogP contribution is -2.59. The van der Waals surface area contributed by atoms with Gasteiger partial charge in [0, 0.05) is 18.0 Å². The molecule has 0 radical (unpaired) electrons. The summed E-state index contributed by atoms with van der Waals surface area (Å²) in [7, 11) is -3.26. The lowest BCUT2D eigenvalue weighted by molar-refractivity contribution is -0.0563. The normalized spacial score (nSPS) is 36.5. The molecule has 1 aliphatic heterocycles. The molecule has 2 aliphatic carbocycles. The van der Waals surface area contributed by atoms with Crippen molar-refractivity contribution >= 4 is 7.52 Å². The molecule has 0 bridgehead atoms. The molecule has 0 amide bonds. The van der Waals surface area contributed by atoms with Gasteiger partial charge in [0.05, 0.1) is 17.9 Å². The van der Waals surface area contributed by atoms with Crippen LogP contribution in [0.1, 0.15) is 84.6 Å². The fourth-order valence-corrected chi connectivity index (χ4v) is 9.72.